The minimum Gasteiger partial charge on any atom is -0.497 e. The standard InChI is InChI=1S/C16H17N3O/c1-12-8-9-19-16(10-12)17-15(18-19)7-6-13-4-3-5-14(11-13)20-2/h3-5,8-11H,6-7H2,1-2H3. The van der Waals surface area contributed by atoms with Crippen molar-refractivity contribution in [2.45, 2.75) is 19.8 Å². The first-order valence-corrected chi connectivity index (χ1v) is 6.69. The van der Waals surface area contributed by atoms with Crippen LogP contribution in [-0.2, 0) is 12.8 Å². The van der Waals surface area contributed by atoms with Gasteiger partial charge in [-0.1, -0.05) is 12.1 Å². The smallest absolute Gasteiger partial charge is 0.155 e. The zero-order chi connectivity index (χ0) is 13.9. The third-order valence-corrected chi connectivity index (χ3v) is 3.31. The van der Waals surface area contributed by atoms with Crippen LogP contribution in [0, 0.1) is 6.92 Å². The lowest BCUT2D eigenvalue weighted by Gasteiger charge is -2.02. The third-order valence-electron chi connectivity index (χ3n) is 3.31. The normalized spacial score (nSPS) is 10.9. The maximum absolute atomic E-state index is 5.23. The van der Waals surface area contributed by atoms with E-state index in [1.54, 1.807) is 7.11 Å². The predicted molar refractivity (Wildman–Crippen MR) is 78.1 cm³/mol. The van der Waals surface area contributed by atoms with Crippen molar-refractivity contribution in [1.29, 1.82) is 0 Å². The summed E-state index contributed by atoms with van der Waals surface area (Å²) in [5, 5.41) is 4.49. The van der Waals surface area contributed by atoms with Crippen LogP contribution >= 0.6 is 0 Å². The SMILES string of the molecule is COc1cccc(CCc2nc3cc(C)ccn3n2)c1. The van der Waals surface area contributed by atoms with Crippen LogP contribution < -0.4 is 4.74 Å². The largest absolute Gasteiger partial charge is 0.497 e. The second-order valence-electron chi connectivity index (χ2n) is 4.89. The Hall–Kier alpha value is -2.36. The molecule has 20 heavy (non-hydrogen) atoms. The number of hydrogen-bond donors (Lipinski definition) is 0. The quantitative estimate of drug-likeness (QED) is 0.729. The number of ether oxygens (including phenoxy) is 1. The van der Waals surface area contributed by atoms with Crippen molar-refractivity contribution in [3.63, 3.8) is 0 Å². The molecule has 0 aliphatic heterocycles. The Morgan fingerprint density at radius 1 is 1.15 bits per heavy atom. The van der Waals surface area contributed by atoms with Gasteiger partial charge in [0.25, 0.3) is 0 Å². The van der Waals surface area contributed by atoms with E-state index in [1.807, 2.05) is 35.0 Å². The summed E-state index contributed by atoms with van der Waals surface area (Å²) < 4.78 is 7.06. The number of hydrogen-bond acceptors (Lipinski definition) is 3. The van der Waals surface area contributed by atoms with Gasteiger partial charge >= 0.3 is 0 Å². The fraction of sp³-hybridized carbons (Fsp3) is 0.250. The maximum atomic E-state index is 5.23. The Morgan fingerprint density at radius 2 is 2.05 bits per heavy atom. The molecule has 102 valence electrons. The third kappa shape index (κ3) is 2.64. The maximum Gasteiger partial charge on any atom is 0.155 e. The molecule has 2 heterocycles. The highest BCUT2D eigenvalue weighted by Crippen LogP contribution is 2.14. The molecule has 3 rings (SSSR count). The average molecular weight is 267 g/mol. The van der Waals surface area contributed by atoms with Crippen LogP contribution in [0.25, 0.3) is 5.65 Å². The van der Waals surface area contributed by atoms with E-state index >= 15 is 0 Å². The number of aryl methyl sites for hydroxylation is 3. The molecule has 3 aromatic rings. The highest BCUT2D eigenvalue weighted by atomic mass is 16.5. The molecule has 0 aliphatic carbocycles. The second kappa shape index (κ2) is 5.33. The minimum atomic E-state index is 0.827. The molecule has 0 N–H and O–H groups in total. The summed E-state index contributed by atoms with van der Waals surface area (Å²) in [6.45, 7) is 2.06. The Labute approximate surface area is 118 Å². The van der Waals surface area contributed by atoms with E-state index in [4.69, 9.17) is 4.74 Å². The topological polar surface area (TPSA) is 39.4 Å². The van der Waals surface area contributed by atoms with Gasteiger partial charge in [0.05, 0.1) is 7.11 Å². The van der Waals surface area contributed by atoms with E-state index in [0.29, 0.717) is 0 Å². The van der Waals surface area contributed by atoms with Gasteiger partial charge in [-0.25, -0.2) is 9.50 Å². The zero-order valence-corrected chi connectivity index (χ0v) is 11.7. The van der Waals surface area contributed by atoms with Gasteiger partial charge in [0, 0.05) is 12.6 Å². The van der Waals surface area contributed by atoms with Crippen LogP contribution in [0.1, 0.15) is 17.0 Å². The van der Waals surface area contributed by atoms with Crippen LogP contribution in [0.15, 0.2) is 42.6 Å². The number of rotatable bonds is 4. The summed E-state index contributed by atoms with van der Waals surface area (Å²) in [6, 6.07) is 12.2. The molecule has 0 amide bonds. The first-order valence-electron chi connectivity index (χ1n) is 6.69. The van der Waals surface area contributed by atoms with Crippen LogP contribution in [0.4, 0.5) is 0 Å². The average Bonchev–Trinajstić information content (AvgIpc) is 2.87. The molecule has 0 fully saturated rings. The number of aromatic nitrogens is 3. The molecule has 0 saturated heterocycles. The number of nitrogens with zero attached hydrogens (tertiary/aromatic N) is 3. The lowest BCUT2D eigenvalue weighted by Crippen LogP contribution is -1.95. The summed E-state index contributed by atoms with van der Waals surface area (Å²) >= 11 is 0. The molecule has 0 atom stereocenters. The molecule has 0 bridgehead atoms. The van der Waals surface area contributed by atoms with E-state index in [-0.39, 0.29) is 0 Å². The van der Waals surface area contributed by atoms with Crippen molar-refractivity contribution in [1.82, 2.24) is 14.6 Å². The van der Waals surface area contributed by atoms with E-state index in [0.717, 1.165) is 30.1 Å². The summed E-state index contributed by atoms with van der Waals surface area (Å²) in [5.74, 6) is 1.76. The molecule has 0 saturated carbocycles. The Balaban J connectivity index is 1.76. The van der Waals surface area contributed by atoms with Crippen molar-refractivity contribution < 1.29 is 4.74 Å². The highest BCUT2D eigenvalue weighted by Gasteiger charge is 2.04. The molecule has 4 heteroatoms. The molecular formula is C16H17N3O. The molecular weight excluding hydrogens is 250 g/mol. The van der Waals surface area contributed by atoms with Crippen LogP contribution in [0.2, 0.25) is 0 Å². The van der Waals surface area contributed by atoms with Gasteiger partial charge in [-0.05, 0) is 48.7 Å². The van der Waals surface area contributed by atoms with E-state index in [2.05, 4.69) is 29.1 Å². The van der Waals surface area contributed by atoms with Crippen LogP contribution in [0.5, 0.6) is 5.75 Å². The van der Waals surface area contributed by atoms with Crippen LogP contribution in [-0.4, -0.2) is 21.7 Å². The van der Waals surface area contributed by atoms with E-state index < -0.39 is 0 Å². The van der Waals surface area contributed by atoms with Crippen molar-refractivity contribution >= 4 is 5.65 Å². The number of fused-ring (bicyclic) bond motifs is 1. The lowest BCUT2D eigenvalue weighted by molar-refractivity contribution is 0.414. The van der Waals surface area contributed by atoms with Gasteiger partial charge in [0.15, 0.2) is 11.5 Å². The molecule has 4 nitrogen and oxygen atoms in total. The Morgan fingerprint density at radius 3 is 2.90 bits per heavy atom. The first-order chi connectivity index (χ1) is 9.74. The van der Waals surface area contributed by atoms with Crippen molar-refractivity contribution in [3.8, 4) is 5.75 Å². The fourth-order valence-corrected chi connectivity index (χ4v) is 2.22. The Kier molecular flexibility index (Phi) is 3.37. The molecule has 0 radical (unpaired) electrons. The van der Waals surface area contributed by atoms with E-state index in [9.17, 15) is 0 Å². The summed E-state index contributed by atoms with van der Waals surface area (Å²) in [6.07, 6.45) is 3.69. The first kappa shape index (κ1) is 12.7. The molecule has 0 spiro atoms. The Bertz CT molecular complexity index is 733. The number of benzene rings is 1. The van der Waals surface area contributed by atoms with Crippen molar-refractivity contribution in [2.75, 3.05) is 7.11 Å². The van der Waals surface area contributed by atoms with Crippen molar-refractivity contribution in [3.05, 3.63) is 59.5 Å². The highest BCUT2D eigenvalue weighted by molar-refractivity contribution is 5.40. The monoisotopic (exact) mass is 267 g/mol. The number of pyridine rings is 1. The molecule has 0 aliphatic rings. The van der Waals surface area contributed by atoms with E-state index in [1.165, 1.54) is 11.1 Å². The zero-order valence-electron chi connectivity index (χ0n) is 11.7. The van der Waals surface area contributed by atoms with Gasteiger partial charge in [0.2, 0.25) is 0 Å². The van der Waals surface area contributed by atoms with Gasteiger partial charge in [0.1, 0.15) is 5.75 Å². The lowest BCUT2D eigenvalue weighted by atomic mass is 10.1. The predicted octanol–water partition coefficient (Wildman–Crippen LogP) is 2.83. The summed E-state index contributed by atoms with van der Waals surface area (Å²) in [5.41, 5.74) is 3.34. The summed E-state index contributed by atoms with van der Waals surface area (Å²) in [4.78, 5) is 4.55. The van der Waals surface area contributed by atoms with Gasteiger partial charge < -0.3 is 4.74 Å². The molecule has 1 aromatic carbocycles. The fourth-order valence-electron chi connectivity index (χ4n) is 2.22. The minimum absolute atomic E-state index is 0.827. The number of methoxy groups -OCH3 is 1. The summed E-state index contributed by atoms with van der Waals surface area (Å²) in [7, 11) is 1.69. The van der Waals surface area contributed by atoms with Crippen LogP contribution in [0.3, 0.4) is 0 Å². The van der Waals surface area contributed by atoms with Gasteiger partial charge in [-0.15, -0.1) is 0 Å². The van der Waals surface area contributed by atoms with Gasteiger partial charge in [-0.2, -0.15) is 5.10 Å². The second-order valence-corrected chi connectivity index (χ2v) is 4.89. The van der Waals surface area contributed by atoms with Gasteiger partial charge in [-0.3, -0.25) is 0 Å². The molecule has 2 aromatic heterocycles. The molecule has 0 unspecified atom stereocenters. The van der Waals surface area contributed by atoms with Crippen molar-refractivity contribution in [2.24, 2.45) is 0 Å².